The summed E-state index contributed by atoms with van der Waals surface area (Å²) >= 11 is 0. The minimum Gasteiger partial charge on any atom is -0.461 e. The summed E-state index contributed by atoms with van der Waals surface area (Å²) in [5, 5.41) is 0. The normalized spacial score (nSPS) is 23.1. The molecule has 1 aliphatic heterocycles. The summed E-state index contributed by atoms with van der Waals surface area (Å²) in [6, 6.07) is 0. The van der Waals surface area contributed by atoms with Crippen molar-refractivity contribution in [1.82, 2.24) is 0 Å². The molecular weight excluding hydrogens is 280 g/mol. The largest absolute Gasteiger partial charge is 0.461 e. The highest BCUT2D eigenvalue weighted by Gasteiger charge is 2.57. The molecule has 0 aliphatic carbocycles. The van der Waals surface area contributed by atoms with Gasteiger partial charge in [0.1, 0.15) is 6.10 Å². The van der Waals surface area contributed by atoms with Gasteiger partial charge in [0, 0.05) is 0 Å². The summed E-state index contributed by atoms with van der Waals surface area (Å²) in [6.07, 6.45) is -5.01. The van der Waals surface area contributed by atoms with Gasteiger partial charge in [-0.2, -0.15) is 8.78 Å². The lowest BCUT2D eigenvalue weighted by Crippen LogP contribution is -2.53. The van der Waals surface area contributed by atoms with E-state index in [2.05, 4.69) is 9.47 Å². The molecule has 1 unspecified atom stereocenters. The van der Waals surface area contributed by atoms with Gasteiger partial charge >= 0.3 is 18.0 Å². The molecule has 1 aliphatic rings. The van der Waals surface area contributed by atoms with E-state index >= 15 is 0 Å². The minimum atomic E-state index is -4.10. The van der Waals surface area contributed by atoms with Gasteiger partial charge in [0.05, 0.1) is 13.2 Å². The Morgan fingerprint density at radius 1 is 1.50 bits per heavy atom. The van der Waals surface area contributed by atoms with Crippen molar-refractivity contribution in [3.8, 4) is 0 Å². The Labute approximate surface area is 114 Å². The molecule has 0 spiro atoms. The van der Waals surface area contributed by atoms with Gasteiger partial charge in [0.2, 0.25) is 6.10 Å². The number of hydrogen-bond donors (Lipinski definition) is 1. The van der Waals surface area contributed by atoms with Crippen molar-refractivity contribution in [2.75, 3.05) is 13.2 Å². The molecule has 1 rings (SSSR count). The molecule has 0 aromatic carbocycles. The average Bonchev–Trinajstić information content (AvgIpc) is 2.66. The maximum Gasteiger partial charge on any atom is 0.405 e. The van der Waals surface area contributed by atoms with E-state index in [9.17, 15) is 18.4 Å². The second-order valence-electron chi connectivity index (χ2n) is 4.57. The molecule has 0 aromatic rings. The molecule has 0 bridgehead atoms. The molecule has 1 amide bonds. The van der Waals surface area contributed by atoms with Crippen LogP contribution in [0.3, 0.4) is 0 Å². The highest BCUT2D eigenvalue weighted by molar-refractivity contribution is 5.79. The molecule has 9 heteroatoms. The summed E-state index contributed by atoms with van der Waals surface area (Å²) < 4.78 is 46.9. The third-order valence-electron chi connectivity index (χ3n) is 2.52. The highest BCUT2D eigenvalue weighted by atomic mass is 19.3. The summed E-state index contributed by atoms with van der Waals surface area (Å²) in [4.78, 5) is 22.1. The van der Waals surface area contributed by atoms with Crippen molar-refractivity contribution in [2.45, 2.75) is 44.7 Å². The first kappa shape index (κ1) is 16.6. The van der Waals surface area contributed by atoms with Gasteiger partial charge in [-0.15, -0.1) is 0 Å². The predicted octanol–water partition coefficient (Wildman–Crippen LogP) is 0.800. The maximum atomic E-state index is 14.0. The zero-order chi connectivity index (χ0) is 15.6. The second kappa shape index (κ2) is 5.88. The lowest BCUT2D eigenvalue weighted by Gasteiger charge is -2.28. The molecule has 7 nitrogen and oxygen atoms in total. The van der Waals surface area contributed by atoms with E-state index in [1.807, 2.05) is 0 Å². The Bertz CT molecular complexity index is 387. The minimum absolute atomic E-state index is 0.245. The van der Waals surface area contributed by atoms with E-state index in [1.165, 1.54) is 20.8 Å². The van der Waals surface area contributed by atoms with Gasteiger partial charge in [0.25, 0.3) is 0 Å². The van der Waals surface area contributed by atoms with Crippen LogP contribution in [0.2, 0.25) is 0 Å². The van der Waals surface area contributed by atoms with Crippen LogP contribution in [0, 0.1) is 0 Å². The van der Waals surface area contributed by atoms with Crippen LogP contribution in [-0.4, -0.2) is 49.2 Å². The fourth-order valence-corrected chi connectivity index (χ4v) is 1.72. The first-order valence-electron chi connectivity index (χ1n) is 5.93. The summed E-state index contributed by atoms with van der Waals surface area (Å²) in [6.45, 7) is 3.84. The SMILES string of the molecule is CCOC(=O)C(F)(F)[C@H](OC(N)=O)C1COC(C)(C)O1. The van der Waals surface area contributed by atoms with Gasteiger partial charge in [0.15, 0.2) is 5.79 Å². The Morgan fingerprint density at radius 3 is 2.50 bits per heavy atom. The molecule has 1 heterocycles. The van der Waals surface area contributed by atoms with Crippen LogP contribution in [0.15, 0.2) is 0 Å². The Kier molecular flexibility index (Phi) is 4.87. The van der Waals surface area contributed by atoms with Crippen LogP contribution in [-0.2, 0) is 23.7 Å². The number of alkyl halides is 2. The van der Waals surface area contributed by atoms with E-state index < -0.39 is 36.0 Å². The number of nitrogens with two attached hydrogens (primary N) is 1. The van der Waals surface area contributed by atoms with Gasteiger partial charge in [-0.3, -0.25) is 0 Å². The van der Waals surface area contributed by atoms with Crippen molar-refractivity contribution in [1.29, 1.82) is 0 Å². The van der Waals surface area contributed by atoms with Gasteiger partial charge in [-0.05, 0) is 20.8 Å². The van der Waals surface area contributed by atoms with E-state index in [-0.39, 0.29) is 13.2 Å². The second-order valence-corrected chi connectivity index (χ2v) is 4.57. The van der Waals surface area contributed by atoms with Crippen LogP contribution in [0.1, 0.15) is 20.8 Å². The van der Waals surface area contributed by atoms with E-state index in [4.69, 9.17) is 15.2 Å². The van der Waals surface area contributed by atoms with Gasteiger partial charge in [-0.25, -0.2) is 9.59 Å². The monoisotopic (exact) mass is 297 g/mol. The first-order valence-corrected chi connectivity index (χ1v) is 5.93. The number of hydrogen-bond acceptors (Lipinski definition) is 6. The Morgan fingerprint density at radius 2 is 2.10 bits per heavy atom. The van der Waals surface area contributed by atoms with Gasteiger partial charge in [-0.1, -0.05) is 0 Å². The smallest absolute Gasteiger partial charge is 0.405 e. The number of carbonyl (C=O) groups excluding carboxylic acids is 2. The van der Waals surface area contributed by atoms with Crippen LogP contribution < -0.4 is 5.73 Å². The van der Waals surface area contributed by atoms with E-state index in [0.717, 1.165) is 0 Å². The van der Waals surface area contributed by atoms with Crippen LogP contribution in [0.25, 0.3) is 0 Å². The molecule has 116 valence electrons. The Balaban J connectivity index is 2.94. The third-order valence-corrected chi connectivity index (χ3v) is 2.52. The third kappa shape index (κ3) is 3.76. The predicted molar refractivity (Wildman–Crippen MR) is 60.9 cm³/mol. The van der Waals surface area contributed by atoms with Crippen molar-refractivity contribution < 1.29 is 37.3 Å². The Hall–Kier alpha value is -1.48. The molecule has 1 fully saturated rings. The van der Waals surface area contributed by atoms with Crippen molar-refractivity contribution >= 4 is 12.1 Å². The summed E-state index contributed by atoms with van der Waals surface area (Å²) in [5.41, 5.74) is 4.76. The molecule has 2 atom stereocenters. The van der Waals surface area contributed by atoms with Crippen molar-refractivity contribution in [3.63, 3.8) is 0 Å². The van der Waals surface area contributed by atoms with Crippen LogP contribution in [0.4, 0.5) is 13.6 Å². The summed E-state index contributed by atoms with van der Waals surface area (Å²) in [5.74, 6) is -7.05. The zero-order valence-electron chi connectivity index (χ0n) is 11.4. The lowest BCUT2D eigenvalue weighted by atomic mass is 10.1. The van der Waals surface area contributed by atoms with Crippen molar-refractivity contribution in [3.05, 3.63) is 0 Å². The maximum absolute atomic E-state index is 14.0. The van der Waals surface area contributed by atoms with Crippen molar-refractivity contribution in [2.24, 2.45) is 5.73 Å². The number of carbonyl (C=O) groups is 2. The molecule has 20 heavy (non-hydrogen) atoms. The molecule has 0 aromatic heterocycles. The summed E-state index contributed by atoms with van der Waals surface area (Å²) in [7, 11) is 0. The number of amides is 1. The molecule has 0 saturated carbocycles. The number of rotatable bonds is 5. The zero-order valence-corrected chi connectivity index (χ0v) is 11.4. The topological polar surface area (TPSA) is 97.1 Å². The lowest BCUT2D eigenvalue weighted by molar-refractivity contribution is -0.209. The fraction of sp³-hybridized carbons (Fsp3) is 0.818. The molecular formula is C11H17F2NO6. The number of halogens is 2. The molecule has 2 N–H and O–H groups in total. The fourth-order valence-electron chi connectivity index (χ4n) is 1.72. The molecule has 1 saturated heterocycles. The van der Waals surface area contributed by atoms with E-state index in [0.29, 0.717) is 0 Å². The quantitative estimate of drug-likeness (QED) is 0.754. The highest BCUT2D eigenvalue weighted by Crippen LogP contribution is 2.33. The van der Waals surface area contributed by atoms with E-state index in [1.54, 1.807) is 0 Å². The number of primary amides is 1. The number of ether oxygens (including phenoxy) is 4. The number of esters is 1. The molecule has 0 radical (unpaired) electrons. The van der Waals surface area contributed by atoms with Crippen LogP contribution >= 0.6 is 0 Å². The first-order chi connectivity index (χ1) is 9.10. The average molecular weight is 297 g/mol. The van der Waals surface area contributed by atoms with Crippen LogP contribution in [0.5, 0.6) is 0 Å². The van der Waals surface area contributed by atoms with Gasteiger partial charge < -0.3 is 24.7 Å². The standard InChI is InChI=1S/C11H17F2NO6/c1-4-17-8(15)11(12,13)7(19-9(14)16)6-5-18-10(2,3)20-6/h6-7H,4-5H2,1-3H3,(H2,14,16)/t6?,7-/m1/s1.